The van der Waals surface area contributed by atoms with Gasteiger partial charge >= 0.3 is 0 Å². The van der Waals surface area contributed by atoms with Gasteiger partial charge in [-0.05, 0) is 26.2 Å². The fourth-order valence-electron chi connectivity index (χ4n) is 3.31. The average Bonchev–Trinajstić information content (AvgIpc) is 2.51. The fraction of sp³-hybridized carbons (Fsp3) is 0.929. The molecule has 104 valence electrons. The Morgan fingerprint density at radius 1 is 1.22 bits per heavy atom. The van der Waals surface area contributed by atoms with Gasteiger partial charge in [0.1, 0.15) is 6.04 Å². The number of hydrogen-bond donors (Lipinski definition) is 1. The maximum absolute atomic E-state index is 12.4. The van der Waals surface area contributed by atoms with Crippen molar-refractivity contribution in [1.82, 2.24) is 9.80 Å². The monoisotopic (exact) mass is 254 g/mol. The quantitative estimate of drug-likeness (QED) is 0.806. The SMILES string of the molecule is CC1CCN(C2CCCCC2)C(CO)C(=O)N1C. The second-order valence-electron chi connectivity index (χ2n) is 5.81. The van der Waals surface area contributed by atoms with E-state index in [9.17, 15) is 9.90 Å². The number of nitrogens with zero attached hydrogens (tertiary/aromatic N) is 2. The number of carbonyl (C=O) groups excluding carboxylic acids is 1. The molecule has 1 heterocycles. The van der Waals surface area contributed by atoms with Crippen molar-refractivity contribution in [3.8, 4) is 0 Å². The lowest BCUT2D eigenvalue weighted by Crippen LogP contribution is -2.52. The molecule has 1 amide bonds. The Kier molecular flexibility index (Phi) is 4.62. The number of likely N-dealkylation sites (N-methyl/N-ethyl adjacent to an activating group) is 1. The first-order chi connectivity index (χ1) is 8.65. The molecule has 1 aliphatic carbocycles. The summed E-state index contributed by atoms with van der Waals surface area (Å²) in [6.45, 7) is 2.98. The minimum atomic E-state index is -0.317. The van der Waals surface area contributed by atoms with Crippen LogP contribution in [0.25, 0.3) is 0 Å². The summed E-state index contributed by atoms with van der Waals surface area (Å²) in [5, 5.41) is 9.60. The molecule has 18 heavy (non-hydrogen) atoms. The molecule has 0 aromatic carbocycles. The highest BCUT2D eigenvalue weighted by Gasteiger charge is 2.37. The molecule has 0 aromatic heterocycles. The van der Waals surface area contributed by atoms with Gasteiger partial charge < -0.3 is 10.0 Å². The number of aliphatic hydroxyl groups is 1. The summed E-state index contributed by atoms with van der Waals surface area (Å²) in [5.41, 5.74) is 0. The summed E-state index contributed by atoms with van der Waals surface area (Å²) in [7, 11) is 1.86. The van der Waals surface area contributed by atoms with E-state index in [2.05, 4.69) is 11.8 Å². The van der Waals surface area contributed by atoms with Crippen LogP contribution >= 0.6 is 0 Å². The Balaban J connectivity index is 2.13. The molecule has 2 aliphatic rings. The van der Waals surface area contributed by atoms with Crippen LogP contribution in [0.15, 0.2) is 0 Å². The van der Waals surface area contributed by atoms with Gasteiger partial charge in [-0.3, -0.25) is 9.69 Å². The minimum absolute atomic E-state index is 0.0492. The molecule has 1 saturated heterocycles. The average molecular weight is 254 g/mol. The van der Waals surface area contributed by atoms with E-state index >= 15 is 0 Å². The highest BCUT2D eigenvalue weighted by Crippen LogP contribution is 2.27. The summed E-state index contributed by atoms with van der Waals surface area (Å²) >= 11 is 0. The number of amides is 1. The number of aliphatic hydroxyl groups excluding tert-OH is 1. The van der Waals surface area contributed by atoms with Crippen LogP contribution in [-0.2, 0) is 4.79 Å². The van der Waals surface area contributed by atoms with E-state index in [-0.39, 0.29) is 24.6 Å². The lowest BCUT2D eigenvalue weighted by molar-refractivity contribution is -0.138. The third-order valence-electron chi connectivity index (χ3n) is 4.72. The van der Waals surface area contributed by atoms with Crippen molar-refractivity contribution in [3.05, 3.63) is 0 Å². The Bertz CT molecular complexity index is 290. The van der Waals surface area contributed by atoms with Gasteiger partial charge in [0.05, 0.1) is 6.61 Å². The zero-order valence-corrected chi connectivity index (χ0v) is 11.6. The maximum atomic E-state index is 12.4. The van der Waals surface area contributed by atoms with E-state index in [0.29, 0.717) is 6.04 Å². The van der Waals surface area contributed by atoms with Gasteiger partial charge in [0.25, 0.3) is 0 Å². The van der Waals surface area contributed by atoms with Crippen molar-refractivity contribution < 1.29 is 9.90 Å². The zero-order valence-electron chi connectivity index (χ0n) is 11.6. The Hall–Kier alpha value is -0.610. The Morgan fingerprint density at radius 3 is 2.50 bits per heavy atom. The second kappa shape index (κ2) is 6.02. The van der Waals surface area contributed by atoms with E-state index in [1.807, 2.05) is 11.9 Å². The maximum Gasteiger partial charge on any atom is 0.242 e. The molecule has 1 N–H and O–H groups in total. The Labute approximate surface area is 110 Å². The Morgan fingerprint density at radius 2 is 1.89 bits per heavy atom. The first-order valence-corrected chi connectivity index (χ1v) is 7.28. The number of rotatable bonds is 2. The van der Waals surface area contributed by atoms with E-state index in [4.69, 9.17) is 0 Å². The molecular weight excluding hydrogens is 228 g/mol. The number of hydrogen-bond acceptors (Lipinski definition) is 3. The predicted octanol–water partition coefficient (Wildman–Crippen LogP) is 1.23. The molecule has 2 atom stereocenters. The molecule has 0 spiro atoms. The minimum Gasteiger partial charge on any atom is -0.394 e. The topological polar surface area (TPSA) is 43.8 Å². The van der Waals surface area contributed by atoms with Crippen LogP contribution in [0, 0.1) is 0 Å². The molecule has 2 rings (SSSR count). The van der Waals surface area contributed by atoms with Gasteiger partial charge in [-0.25, -0.2) is 0 Å². The summed E-state index contributed by atoms with van der Waals surface area (Å²) in [6, 6.07) is 0.460. The first kappa shape index (κ1) is 13.8. The first-order valence-electron chi connectivity index (χ1n) is 7.28. The second-order valence-corrected chi connectivity index (χ2v) is 5.81. The van der Waals surface area contributed by atoms with E-state index < -0.39 is 0 Å². The van der Waals surface area contributed by atoms with Crippen molar-refractivity contribution in [1.29, 1.82) is 0 Å². The van der Waals surface area contributed by atoms with Crippen LogP contribution < -0.4 is 0 Å². The van der Waals surface area contributed by atoms with Crippen LogP contribution in [0.1, 0.15) is 45.4 Å². The van der Waals surface area contributed by atoms with Gasteiger partial charge in [-0.1, -0.05) is 19.3 Å². The molecule has 2 unspecified atom stereocenters. The zero-order chi connectivity index (χ0) is 13.1. The third-order valence-corrected chi connectivity index (χ3v) is 4.72. The lowest BCUT2D eigenvalue weighted by atomic mass is 9.93. The predicted molar refractivity (Wildman–Crippen MR) is 71.3 cm³/mol. The third kappa shape index (κ3) is 2.69. The molecule has 4 heteroatoms. The fourth-order valence-corrected chi connectivity index (χ4v) is 3.31. The summed E-state index contributed by atoms with van der Waals surface area (Å²) in [5.74, 6) is 0.0908. The molecule has 0 radical (unpaired) electrons. The van der Waals surface area contributed by atoms with E-state index in [1.165, 1.54) is 32.1 Å². The van der Waals surface area contributed by atoms with E-state index in [0.717, 1.165) is 13.0 Å². The summed E-state index contributed by atoms with van der Waals surface area (Å²) in [6.07, 6.45) is 7.22. The summed E-state index contributed by atoms with van der Waals surface area (Å²) < 4.78 is 0. The molecule has 1 saturated carbocycles. The van der Waals surface area contributed by atoms with Gasteiger partial charge in [0, 0.05) is 25.7 Å². The normalized spacial score (nSPS) is 32.6. The van der Waals surface area contributed by atoms with Crippen LogP contribution in [-0.4, -0.2) is 59.1 Å². The highest BCUT2D eigenvalue weighted by atomic mass is 16.3. The number of carbonyl (C=O) groups is 1. The van der Waals surface area contributed by atoms with Crippen LogP contribution in [0.3, 0.4) is 0 Å². The van der Waals surface area contributed by atoms with Crippen LogP contribution in [0.4, 0.5) is 0 Å². The van der Waals surface area contributed by atoms with Crippen molar-refractivity contribution >= 4 is 5.91 Å². The molecule has 1 aliphatic heterocycles. The standard InChI is InChI=1S/C14H26N2O2/c1-11-8-9-16(12-6-4-3-5-7-12)13(10-17)14(18)15(11)2/h11-13,17H,3-10H2,1-2H3. The van der Waals surface area contributed by atoms with Gasteiger partial charge in [-0.2, -0.15) is 0 Å². The molecule has 0 aromatic rings. The van der Waals surface area contributed by atoms with Gasteiger partial charge in [-0.15, -0.1) is 0 Å². The van der Waals surface area contributed by atoms with Gasteiger partial charge in [0.2, 0.25) is 5.91 Å². The van der Waals surface area contributed by atoms with Crippen molar-refractivity contribution in [2.45, 2.75) is 63.6 Å². The molecule has 2 fully saturated rings. The molecular formula is C14H26N2O2. The highest BCUT2D eigenvalue weighted by molar-refractivity contribution is 5.82. The van der Waals surface area contributed by atoms with Crippen molar-refractivity contribution in [2.24, 2.45) is 0 Å². The van der Waals surface area contributed by atoms with Crippen LogP contribution in [0.5, 0.6) is 0 Å². The smallest absolute Gasteiger partial charge is 0.242 e. The van der Waals surface area contributed by atoms with Gasteiger partial charge in [0.15, 0.2) is 0 Å². The largest absolute Gasteiger partial charge is 0.394 e. The molecule has 0 bridgehead atoms. The van der Waals surface area contributed by atoms with E-state index in [1.54, 1.807) is 0 Å². The summed E-state index contributed by atoms with van der Waals surface area (Å²) in [4.78, 5) is 16.5. The molecule has 4 nitrogen and oxygen atoms in total. The van der Waals surface area contributed by atoms with Crippen molar-refractivity contribution in [3.63, 3.8) is 0 Å². The van der Waals surface area contributed by atoms with Crippen molar-refractivity contribution in [2.75, 3.05) is 20.2 Å². The van der Waals surface area contributed by atoms with Crippen LogP contribution in [0.2, 0.25) is 0 Å². The lowest BCUT2D eigenvalue weighted by Gasteiger charge is -2.37.